The topological polar surface area (TPSA) is 84.9 Å². The van der Waals surface area contributed by atoms with Crippen molar-refractivity contribution in [2.24, 2.45) is 0 Å². The summed E-state index contributed by atoms with van der Waals surface area (Å²) in [7, 11) is 2.88. The molecule has 0 aliphatic carbocycles. The van der Waals surface area contributed by atoms with Crippen LogP contribution in [-0.2, 0) is 4.79 Å². The summed E-state index contributed by atoms with van der Waals surface area (Å²) < 4.78 is 10.1. The van der Waals surface area contributed by atoms with E-state index in [-0.39, 0.29) is 22.5 Å². The van der Waals surface area contributed by atoms with Gasteiger partial charge in [0, 0.05) is 0 Å². The van der Waals surface area contributed by atoms with Crippen LogP contribution in [0.1, 0.15) is 5.56 Å². The zero-order valence-electron chi connectivity index (χ0n) is 11.4. The molecule has 1 aliphatic rings. The van der Waals surface area contributed by atoms with Crippen molar-refractivity contribution in [3.63, 3.8) is 0 Å². The normalized spacial score (nSPS) is 16.6. The SMILES string of the molecule is COc1cc(C=CC=C2SC(=O)NC2=O)cc(OC)c1O. The Morgan fingerprint density at radius 2 is 1.81 bits per heavy atom. The van der Waals surface area contributed by atoms with Gasteiger partial charge in [0.15, 0.2) is 11.5 Å². The standard InChI is InChI=1S/C14H13NO5S/c1-19-9-6-8(7-10(20-2)12(9)16)4-3-5-11-13(17)15-14(18)21-11/h3-7,16H,1-2H3,(H,15,17,18). The van der Waals surface area contributed by atoms with Gasteiger partial charge in [-0.25, -0.2) is 0 Å². The van der Waals surface area contributed by atoms with Crippen molar-refractivity contribution in [1.29, 1.82) is 0 Å². The Morgan fingerprint density at radius 1 is 1.19 bits per heavy atom. The number of hydrogen-bond donors (Lipinski definition) is 2. The Labute approximate surface area is 125 Å². The van der Waals surface area contributed by atoms with Crippen molar-refractivity contribution in [3.05, 3.63) is 34.8 Å². The highest BCUT2D eigenvalue weighted by Gasteiger charge is 2.24. The third-order valence-electron chi connectivity index (χ3n) is 2.68. The van der Waals surface area contributed by atoms with E-state index in [1.165, 1.54) is 20.3 Å². The summed E-state index contributed by atoms with van der Waals surface area (Å²) in [6, 6.07) is 3.25. The lowest BCUT2D eigenvalue weighted by atomic mass is 10.1. The summed E-state index contributed by atoms with van der Waals surface area (Å²) in [5.74, 6) is 0.0805. The Kier molecular flexibility index (Phi) is 4.54. The van der Waals surface area contributed by atoms with Crippen molar-refractivity contribution in [1.82, 2.24) is 5.32 Å². The van der Waals surface area contributed by atoms with Crippen LogP contribution in [0.3, 0.4) is 0 Å². The number of phenols is 1. The number of nitrogens with one attached hydrogen (secondary N) is 1. The second-order valence-corrected chi connectivity index (χ2v) is 5.02. The average molecular weight is 307 g/mol. The zero-order valence-corrected chi connectivity index (χ0v) is 12.2. The first kappa shape index (κ1) is 15.0. The van der Waals surface area contributed by atoms with E-state index in [4.69, 9.17) is 9.47 Å². The van der Waals surface area contributed by atoms with Gasteiger partial charge in [0.1, 0.15) is 0 Å². The number of rotatable bonds is 4. The van der Waals surface area contributed by atoms with Crippen LogP contribution in [0.2, 0.25) is 0 Å². The molecule has 7 heteroatoms. The summed E-state index contributed by atoms with van der Waals surface area (Å²) in [6.07, 6.45) is 4.87. The molecule has 1 heterocycles. The first-order valence-electron chi connectivity index (χ1n) is 5.91. The Hall–Kier alpha value is -2.41. The first-order chi connectivity index (χ1) is 10.0. The molecule has 1 aliphatic heterocycles. The molecule has 21 heavy (non-hydrogen) atoms. The maximum Gasteiger partial charge on any atom is 0.290 e. The van der Waals surface area contributed by atoms with Crippen LogP contribution >= 0.6 is 11.8 Å². The molecule has 1 aromatic carbocycles. The minimum atomic E-state index is -0.407. The summed E-state index contributed by atoms with van der Waals surface area (Å²) in [4.78, 5) is 22.7. The van der Waals surface area contributed by atoms with Gasteiger partial charge in [-0.05, 0) is 35.5 Å². The van der Waals surface area contributed by atoms with Gasteiger partial charge in [-0.3, -0.25) is 14.9 Å². The molecule has 0 bridgehead atoms. The molecule has 1 fully saturated rings. The highest BCUT2D eigenvalue weighted by molar-refractivity contribution is 8.18. The van der Waals surface area contributed by atoms with Gasteiger partial charge in [-0.15, -0.1) is 0 Å². The molecule has 0 aromatic heterocycles. The number of carbonyl (C=O) groups is 2. The van der Waals surface area contributed by atoms with E-state index in [0.29, 0.717) is 10.5 Å². The highest BCUT2D eigenvalue weighted by Crippen LogP contribution is 2.37. The zero-order chi connectivity index (χ0) is 15.4. The van der Waals surface area contributed by atoms with Crippen LogP contribution in [0.5, 0.6) is 17.2 Å². The van der Waals surface area contributed by atoms with Crippen LogP contribution in [0.15, 0.2) is 29.2 Å². The third-order valence-corrected chi connectivity index (χ3v) is 3.51. The molecule has 0 radical (unpaired) electrons. The molecule has 0 atom stereocenters. The highest BCUT2D eigenvalue weighted by atomic mass is 32.2. The van der Waals surface area contributed by atoms with E-state index in [2.05, 4.69) is 5.32 Å². The van der Waals surface area contributed by atoms with Gasteiger partial charge < -0.3 is 14.6 Å². The van der Waals surface area contributed by atoms with Crippen molar-refractivity contribution in [2.75, 3.05) is 14.2 Å². The minimum absolute atomic E-state index is 0.0770. The van der Waals surface area contributed by atoms with E-state index in [1.54, 1.807) is 24.3 Å². The van der Waals surface area contributed by atoms with E-state index >= 15 is 0 Å². The number of hydrogen-bond acceptors (Lipinski definition) is 6. The van der Waals surface area contributed by atoms with Crippen molar-refractivity contribution < 1.29 is 24.2 Å². The smallest absolute Gasteiger partial charge is 0.290 e. The monoisotopic (exact) mass is 307 g/mol. The summed E-state index contributed by atoms with van der Waals surface area (Å²) >= 11 is 0.847. The molecular weight excluding hydrogens is 294 g/mol. The van der Waals surface area contributed by atoms with Crippen molar-refractivity contribution in [3.8, 4) is 17.2 Å². The number of methoxy groups -OCH3 is 2. The molecule has 0 saturated carbocycles. The van der Waals surface area contributed by atoms with Gasteiger partial charge in [0.05, 0.1) is 19.1 Å². The maximum atomic E-state index is 11.3. The number of imide groups is 1. The van der Waals surface area contributed by atoms with Crippen LogP contribution < -0.4 is 14.8 Å². The van der Waals surface area contributed by atoms with E-state index in [1.807, 2.05) is 0 Å². The van der Waals surface area contributed by atoms with Crippen LogP contribution in [-0.4, -0.2) is 30.5 Å². The lowest BCUT2D eigenvalue weighted by molar-refractivity contribution is -0.115. The van der Waals surface area contributed by atoms with E-state index in [9.17, 15) is 14.7 Å². The molecular formula is C14H13NO5S. The number of phenolic OH excluding ortho intramolecular Hbond substituents is 1. The van der Waals surface area contributed by atoms with E-state index < -0.39 is 5.91 Å². The number of ether oxygens (including phenoxy) is 2. The molecule has 110 valence electrons. The molecule has 2 amide bonds. The molecule has 0 spiro atoms. The second kappa shape index (κ2) is 6.36. The average Bonchev–Trinajstić information content (AvgIpc) is 2.78. The molecule has 2 rings (SSSR count). The number of allylic oxidation sites excluding steroid dienone is 2. The van der Waals surface area contributed by atoms with Gasteiger partial charge in [0.25, 0.3) is 11.1 Å². The number of thioether (sulfide) groups is 1. The first-order valence-corrected chi connectivity index (χ1v) is 6.73. The van der Waals surface area contributed by atoms with Gasteiger partial charge in [-0.1, -0.05) is 12.2 Å². The lowest BCUT2D eigenvalue weighted by Crippen LogP contribution is -2.17. The summed E-state index contributed by atoms with van der Waals surface area (Å²) in [5, 5.41) is 11.6. The number of aromatic hydroxyl groups is 1. The molecule has 1 saturated heterocycles. The van der Waals surface area contributed by atoms with Crippen LogP contribution in [0.4, 0.5) is 4.79 Å². The Bertz CT molecular complexity index is 626. The second-order valence-electron chi connectivity index (χ2n) is 4.01. The summed E-state index contributed by atoms with van der Waals surface area (Å²) in [6.45, 7) is 0. The van der Waals surface area contributed by atoms with Gasteiger partial charge in [0.2, 0.25) is 5.75 Å². The minimum Gasteiger partial charge on any atom is -0.502 e. The molecule has 2 N–H and O–H groups in total. The predicted molar refractivity (Wildman–Crippen MR) is 79.5 cm³/mol. The largest absolute Gasteiger partial charge is 0.502 e. The Balaban J connectivity index is 2.23. The van der Waals surface area contributed by atoms with Gasteiger partial charge in [-0.2, -0.15) is 0 Å². The quantitative estimate of drug-likeness (QED) is 0.830. The summed E-state index contributed by atoms with van der Waals surface area (Å²) in [5.41, 5.74) is 0.716. The fraction of sp³-hybridized carbons (Fsp3) is 0.143. The van der Waals surface area contributed by atoms with Crippen molar-refractivity contribution in [2.45, 2.75) is 0 Å². The maximum absolute atomic E-state index is 11.3. The number of amides is 2. The van der Waals surface area contributed by atoms with Crippen molar-refractivity contribution >= 4 is 29.0 Å². The third kappa shape index (κ3) is 3.38. The fourth-order valence-electron chi connectivity index (χ4n) is 1.69. The molecule has 1 aromatic rings. The lowest BCUT2D eigenvalue weighted by Gasteiger charge is -2.09. The molecule has 0 unspecified atom stereocenters. The number of carbonyl (C=O) groups excluding carboxylic acids is 2. The van der Waals surface area contributed by atoms with Crippen LogP contribution in [0, 0.1) is 0 Å². The van der Waals surface area contributed by atoms with E-state index in [0.717, 1.165) is 11.8 Å². The predicted octanol–water partition coefficient (Wildman–Crippen LogP) is 2.29. The number of benzene rings is 1. The Morgan fingerprint density at radius 3 is 2.29 bits per heavy atom. The van der Waals surface area contributed by atoms with Crippen LogP contribution in [0.25, 0.3) is 6.08 Å². The molecule has 6 nitrogen and oxygen atoms in total. The fourth-order valence-corrected chi connectivity index (χ4v) is 2.33. The van der Waals surface area contributed by atoms with Gasteiger partial charge >= 0.3 is 0 Å².